The van der Waals surface area contributed by atoms with Gasteiger partial charge in [-0.1, -0.05) is 153 Å². The van der Waals surface area contributed by atoms with Gasteiger partial charge >= 0.3 is 0 Å². The summed E-state index contributed by atoms with van der Waals surface area (Å²) >= 11 is 1.55. The zero-order valence-electron chi connectivity index (χ0n) is 45.2. The third-order valence-corrected chi connectivity index (χ3v) is 12.6. The molecule has 11 aromatic rings. The number of hydrogen-bond acceptors (Lipinski definition) is 4. The van der Waals surface area contributed by atoms with E-state index >= 15 is 0 Å². The maximum Gasteiger partial charge on any atom is 0.227 e. The molecule has 284 valence electrons. The standard InChI is InChI=1S/C56H38N2OS/c1-56(2)46-17-9-8-16-44(46)45-30-29-42(34-47(45)56)58(41-27-24-38(25-28-41)37-22-20-36(21-23-37)35-12-4-3-5-13-35)49-32-40(55-57-48-18-10-11-19-50(48)59-55)33-52-54(49)53-43-15-7-6-14-39(43)26-31-51(53)60-52/h3-34H,1-2H3/i3D,4D,5D,12D,13D,20D,21D,22D,23D,24D,25D,27D,28D. The number of nitrogens with zero attached hydrogens (tertiary/aromatic N) is 2. The molecule has 9 aromatic carbocycles. The molecule has 0 atom stereocenters. The summed E-state index contributed by atoms with van der Waals surface area (Å²) in [5.41, 5.74) is 4.16. The molecule has 0 spiro atoms. The van der Waals surface area contributed by atoms with Gasteiger partial charge in [0.2, 0.25) is 5.89 Å². The van der Waals surface area contributed by atoms with E-state index in [0.717, 1.165) is 53.2 Å². The Kier molecular flexibility index (Phi) is 5.35. The van der Waals surface area contributed by atoms with E-state index in [1.807, 2.05) is 91.0 Å². The lowest BCUT2D eigenvalue weighted by Gasteiger charge is -2.29. The van der Waals surface area contributed by atoms with E-state index in [9.17, 15) is 8.22 Å². The predicted molar refractivity (Wildman–Crippen MR) is 253 cm³/mol. The SMILES string of the molecule is [2H]c1c([2H])c([2H])c(-c2c([2H])c([2H])c(-c3c([2H])c([2H])c(N(c4ccc5c(c4)C(C)(C)c4ccccc4-5)c4cc(-c5nc6ccccc6o5)cc5sc6ccc7ccccc7c6c45)c([2H])c3[2H])c([2H])c2[2H])c([2H])c1[2H]. The molecule has 0 unspecified atom stereocenters. The van der Waals surface area contributed by atoms with Gasteiger partial charge in [-0.15, -0.1) is 11.3 Å². The first-order chi connectivity index (χ1) is 34.9. The van der Waals surface area contributed by atoms with Gasteiger partial charge in [0.1, 0.15) is 5.52 Å². The molecular formula is C56H38N2OS. The van der Waals surface area contributed by atoms with Crippen LogP contribution >= 0.6 is 11.3 Å². The predicted octanol–water partition coefficient (Wildman–Crippen LogP) is 16.1. The van der Waals surface area contributed by atoms with Crippen molar-refractivity contribution in [3.8, 4) is 44.8 Å². The Morgan fingerprint density at radius 2 is 1.23 bits per heavy atom. The molecule has 2 aromatic heterocycles. The Hall–Kier alpha value is -7.27. The van der Waals surface area contributed by atoms with Crippen LogP contribution in [-0.4, -0.2) is 4.98 Å². The largest absolute Gasteiger partial charge is 0.436 e. The minimum Gasteiger partial charge on any atom is -0.436 e. The lowest BCUT2D eigenvalue weighted by atomic mass is 9.82. The van der Waals surface area contributed by atoms with Crippen LogP contribution in [0.4, 0.5) is 17.1 Å². The van der Waals surface area contributed by atoms with Gasteiger partial charge in [0.05, 0.1) is 23.5 Å². The summed E-state index contributed by atoms with van der Waals surface area (Å²) in [6.45, 7) is 4.28. The zero-order chi connectivity index (χ0) is 51.3. The van der Waals surface area contributed by atoms with E-state index < -0.39 is 106 Å². The minimum absolute atomic E-state index is 0.159. The van der Waals surface area contributed by atoms with Crippen molar-refractivity contribution in [3.63, 3.8) is 0 Å². The first kappa shape index (κ1) is 24.0. The Labute approximate surface area is 370 Å². The molecule has 0 aliphatic heterocycles. The molecule has 1 aliphatic rings. The molecule has 12 rings (SSSR count). The van der Waals surface area contributed by atoms with Crippen LogP contribution < -0.4 is 4.90 Å². The van der Waals surface area contributed by atoms with Gasteiger partial charge in [-0.3, -0.25) is 0 Å². The second kappa shape index (κ2) is 13.4. The van der Waals surface area contributed by atoms with Gasteiger partial charge in [0, 0.05) is 42.5 Å². The monoisotopic (exact) mass is 799 g/mol. The van der Waals surface area contributed by atoms with Gasteiger partial charge in [-0.25, -0.2) is 4.98 Å². The van der Waals surface area contributed by atoms with E-state index in [1.54, 1.807) is 16.2 Å². The normalized spacial score (nSPS) is 16.0. The summed E-state index contributed by atoms with van der Waals surface area (Å²) in [6.07, 6.45) is 0. The van der Waals surface area contributed by atoms with Crippen molar-refractivity contribution >= 4 is 70.4 Å². The van der Waals surface area contributed by atoms with Crippen molar-refractivity contribution in [1.29, 1.82) is 0 Å². The van der Waals surface area contributed by atoms with Crippen LogP contribution in [0.25, 0.3) is 86.9 Å². The first-order valence-corrected chi connectivity index (χ1v) is 20.3. The topological polar surface area (TPSA) is 29.3 Å². The van der Waals surface area contributed by atoms with Crippen LogP contribution in [0.5, 0.6) is 0 Å². The minimum atomic E-state index is -0.784. The van der Waals surface area contributed by atoms with Crippen molar-refractivity contribution in [2.24, 2.45) is 0 Å². The molecule has 0 saturated carbocycles. The summed E-state index contributed by atoms with van der Waals surface area (Å²) in [5.74, 6) is 0.322. The number of hydrogen-bond donors (Lipinski definition) is 0. The van der Waals surface area contributed by atoms with E-state index in [-0.39, 0.29) is 5.69 Å². The summed E-state index contributed by atoms with van der Waals surface area (Å²) in [4.78, 5) is 6.63. The summed E-state index contributed by atoms with van der Waals surface area (Å²) in [7, 11) is 0. The van der Waals surface area contributed by atoms with Crippen molar-refractivity contribution in [3.05, 3.63) is 205 Å². The van der Waals surface area contributed by atoms with Gasteiger partial charge in [-0.05, 0) is 110 Å². The van der Waals surface area contributed by atoms with Gasteiger partial charge < -0.3 is 9.32 Å². The van der Waals surface area contributed by atoms with Crippen LogP contribution in [0.2, 0.25) is 0 Å². The Morgan fingerprint density at radius 1 is 0.550 bits per heavy atom. The van der Waals surface area contributed by atoms with Crippen LogP contribution in [0.1, 0.15) is 42.8 Å². The number of rotatable bonds is 6. The molecule has 0 bridgehead atoms. The fourth-order valence-corrected chi connectivity index (χ4v) is 9.82. The average molecular weight is 800 g/mol. The second-order valence-corrected chi connectivity index (χ2v) is 16.4. The molecule has 1 aliphatic carbocycles. The van der Waals surface area contributed by atoms with Crippen molar-refractivity contribution in [2.45, 2.75) is 19.3 Å². The van der Waals surface area contributed by atoms with E-state index in [1.165, 1.54) is 0 Å². The summed E-state index contributed by atoms with van der Waals surface area (Å²) in [6, 6.07) is 28.5. The maximum absolute atomic E-state index is 10.0. The van der Waals surface area contributed by atoms with Crippen molar-refractivity contribution in [2.75, 3.05) is 4.90 Å². The molecule has 4 heteroatoms. The number of aromatic nitrogens is 1. The molecular weight excluding hydrogens is 749 g/mol. The van der Waals surface area contributed by atoms with E-state index in [0.29, 0.717) is 33.9 Å². The van der Waals surface area contributed by atoms with Gasteiger partial charge in [0.25, 0.3) is 0 Å². The molecule has 0 saturated heterocycles. The number of para-hydroxylation sites is 2. The van der Waals surface area contributed by atoms with Crippen LogP contribution in [0.3, 0.4) is 0 Å². The second-order valence-electron chi connectivity index (χ2n) is 15.3. The fraction of sp³-hybridized carbons (Fsp3) is 0.0536. The van der Waals surface area contributed by atoms with Crippen LogP contribution in [0, 0.1) is 0 Å². The first-order valence-electron chi connectivity index (χ1n) is 26.0. The molecule has 2 heterocycles. The van der Waals surface area contributed by atoms with E-state index in [2.05, 4.69) is 38.1 Å². The fourth-order valence-electron chi connectivity index (χ4n) is 8.64. The Bertz CT molecular complexity index is 4140. The zero-order valence-corrected chi connectivity index (χ0v) is 33.0. The third kappa shape index (κ3) is 5.45. The molecule has 0 amide bonds. The summed E-state index contributed by atoms with van der Waals surface area (Å²) in [5, 5.41) is 3.62. The lowest BCUT2D eigenvalue weighted by Crippen LogP contribution is -2.16. The Morgan fingerprint density at radius 3 is 2.03 bits per heavy atom. The molecule has 3 nitrogen and oxygen atoms in total. The third-order valence-electron chi connectivity index (χ3n) is 11.5. The van der Waals surface area contributed by atoms with Crippen molar-refractivity contribution in [1.82, 2.24) is 4.98 Å². The molecule has 0 radical (unpaired) electrons. The number of anilines is 3. The molecule has 60 heavy (non-hydrogen) atoms. The number of thiophene rings is 1. The highest BCUT2D eigenvalue weighted by Crippen LogP contribution is 2.53. The number of fused-ring (bicyclic) bond motifs is 9. The average Bonchev–Trinajstić information content (AvgIpc) is 4.07. The number of benzene rings is 9. The van der Waals surface area contributed by atoms with E-state index in [4.69, 9.17) is 19.0 Å². The smallest absolute Gasteiger partial charge is 0.227 e. The Balaban J connectivity index is 1.17. The quantitative estimate of drug-likeness (QED) is 0.168. The highest BCUT2D eigenvalue weighted by atomic mass is 32.1. The van der Waals surface area contributed by atoms with Crippen molar-refractivity contribution < 1.29 is 22.2 Å². The highest BCUT2D eigenvalue weighted by Gasteiger charge is 2.36. The maximum atomic E-state index is 10.0. The van der Waals surface area contributed by atoms with Gasteiger partial charge in [0.15, 0.2) is 5.58 Å². The summed E-state index contributed by atoms with van der Waals surface area (Å²) < 4.78 is 126. The molecule has 0 fully saturated rings. The van der Waals surface area contributed by atoms with Crippen LogP contribution in [0.15, 0.2) is 198 Å². The lowest BCUT2D eigenvalue weighted by molar-refractivity contribution is 0.620. The molecule has 0 N–H and O–H groups in total. The highest BCUT2D eigenvalue weighted by molar-refractivity contribution is 7.26. The van der Waals surface area contributed by atoms with Gasteiger partial charge in [-0.2, -0.15) is 0 Å². The number of oxazole rings is 1. The van der Waals surface area contributed by atoms with Crippen LogP contribution in [-0.2, 0) is 5.41 Å².